The molecule has 0 aliphatic heterocycles. The first-order valence-electron chi connectivity index (χ1n) is 7.98. The van der Waals surface area contributed by atoms with E-state index in [1.807, 2.05) is 38.1 Å². The van der Waals surface area contributed by atoms with E-state index < -0.39 is 0 Å². The Morgan fingerprint density at radius 2 is 2.09 bits per heavy atom. The van der Waals surface area contributed by atoms with E-state index in [4.69, 9.17) is 9.72 Å². The molecule has 1 unspecified atom stereocenters. The molecule has 1 atom stereocenters. The topological polar surface area (TPSA) is 22.1 Å². The summed E-state index contributed by atoms with van der Waals surface area (Å²) in [4.78, 5) is 4.70. The zero-order chi connectivity index (χ0) is 16.8. The zero-order valence-electron chi connectivity index (χ0n) is 14.3. The Hall–Kier alpha value is -2.35. The maximum Gasteiger partial charge on any atom is 0.130 e. The average molecular weight is 307 g/mol. The number of rotatable bonds is 6. The quantitative estimate of drug-likeness (QED) is 0.589. The van der Waals surface area contributed by atoms with Crippen molar-refractivity contribution >= 4 is 12.2 Å². The van der Waals surface area contributed by atoms with Crippen LogP contribution in [0.4, 0.5) is 0 Å². The van der Waals surface area contributed by atoms with E-state index in [1.54, 1.807) is 0 Å². The van der Waals surface area contributed by atoms with Gasteiger partial charge in [0.25, 0.3) is 0 Å². The van der Waals surface area contributed by atoms with Crippen molar-refractivity contribution in [3.63, 3.8) is 0 Å². The van der Waals surface area contributed by atoms with Crippen molar-refractivity contribution in [2.24, 2.45) is 5.92 Å². The Labute approximate surface area is 138 Å². The molecule has 1 aliphatic carbocycles. The summed E-state index contributed by atoms with van der Waals surface area (Å²) >= 11 is 0. The van der Waals surface area contributed by atoms with Crippen LogP contribution in [-0.2, 0) is 11.3 Å². The summed E-state index contributed by atoms with van der Waals surface area (Å²) in [5.41, 5.74) is 3.04. The van der Waals surface area contributed by atoms with E-state index in [0.29, 0.717) is 12.5 Å². The number of ether oxygens (including phenoxy) is 1. The highest BCUT2D eigenvalue weighted by Gasteiger charge is 2.04. The van der Waals surface area contributed by atoms with E-state index in [1.165, 1.54) is 5.22 Å². The van der Waals surface area contributed by atoms with Crippen LogP contribution in [0.3, 0.4) is 0 Å². The summed E-state index contributed by atoms with van der Waals surface area (Å²) in [6.45, 7) is 14.2. The van der Waals surface area contributed by atoms with Gasteiger partial charge in [-0.15, -0.1) is 0 Å². The highest BCUT2D eigenvalue weighted by Crippen LogP contribution is 2.12. The third-order valence-electron chi connectivity index (χ3n) is 3.95. The minimum atomic E-state index is 0.468. The van der Waals surface area contributed by atoms with Crippen LogP contribution in [0.15, 0.2) is 60.4 Å². The molecule has 0 spiro atoms. The number of nitrogens with zero attached hydrogens (tertiary/aromatic N) is 1. The van der Waals surface area contributed by atoms with Gasteiger partial charge in [-0.05, 0) is 54.7 Å². The van der Waals surface area contributed by atoms with Crippen molar-refractivity contribution in [2.45, 2.75) is 33.8 Å². The number of aromatic nitrogens is 1. The molecule has 2 rings (SSSR count). The maximum absolute atomic E-state index is 5.83. The average Bonchev–Trinajstić information content (AvgIpc) is 2.56. The van der Waals surface area contributed by atoms with Crippen LogP contribution in [0.2, 0.25) is 0 Å². The number of hydrogen-bond acceptors (Lipinski definition) is 2. The van der Waals surface area contributed by atoms with Crippen LogP contribution in [0.1, 0.15) is 32.9 Å². The minimum Gasteiger partial charge on any atom is -0.492 e. The molecule has 0 N–H and O–H groups in total. The van der Waals surface area contributed by atoms with Crippen molar-refractivity contribution in [1.29, 1.82) is 0 Å². The lowest BCUT2D eigenvalue weighted by Gasteiger charge is -2.10. The smallest absolute Gasteiger partial charge is 0.130 e. The van der Waals surface area contributed by atoms with Gasteiger partial charge in [-0.3, -0.25) is 0 Å². The predicted molar refractivity (Wildman–Crippen MR) is 97.8 cm³/mol. The maximum atomic E-state index is 5.83. The number of hydrogen-bond donors (Lipinski definition) is 0. The molecule has 0 aromatic carbocycles. The van der Waals surface area contributed by atoms with Gasteiger partial charge in [0.2, 0.25) is 0 Å². The predicted octanol–water partition coefficient (Wildman–Crippen LogP) is 3.79. The first-order chi connectivity index (χ1) is 11.0. The molecule has 1 aromatic rings. The molecule has 0 radical (unpaired) electrons. The fourth-order valence-electron chi connectivity index (χ4n) is 2.46. The second-order valence-corrected chi connectivity index (χ2v) is 5.95. The second-order valence-electron chi connectivity index (χ2n) is 5.95. The van der Waals surface area contributed by atoms with E-state index in [2.05, 4.69) is 38.3 Å². The van der Waals surface area contributed by atoms with Crippen molar-refractivity contribution in [3.05, 3.63) is 76.7 Å². The fraction of sp³-hybridized carbons (Fsp3) is 0.286. The number of fused-ring (bicyclic) bond motifs is 1. The largest absolute Gasteiger partial charge is 0.492 e. The fourth-order valence-corrected chi connectivity index (χ4v) is 2.46. The van der Waals surface area contributed by atoms with Gasteiger partial charge in [-0.2, -0.15) is 0 Å². The second kappa shape index (κ2) is 7.77. The molecule has 0 amide bonds. The Bertz CT molecular complexity index is 781. The molecule has 120 valence electrons. The lowest BCUT2D eigenvalue weighted by molar-refractivity contribution is 0.197. The Kier molecular flexibility index (Phi) is 5.75. The normalized spacial score (nSPS) is 18.0. The van der Waals surface area contributed by atoms with Gasteiger partial charge in [0.1, 0.15) is 6.61 Å². The van der Waals surface area contributed by atoms with E-state index in [0.717, 1.165) is 34.4 Å². The Morgan fingerprint density at radius 3 is 2.78 bits per heavy atom. The highest BCUT2D eigenvalue weighted by atomic mass is 16.5. The first-order valence-corrected chi connectivity index (χ1v) is 7.98. The minimum absolute atomic E-state index is 0.468. The molecule has 1 aromatic heterocycles. The summed E-state index contributed by atoms with van der Waals surface area (Å²) in [7, 11) is 0. The Morgan fingerprint density at radius 1 is 1.30 bits per heavy atom. The number of pyridine rings is 1. The van der Waals surface area contributed by atoms with Gasteiger partial charge < -0.3 is 4.74 Å². The van der Waals surface area contributed by atoms with Crippen LogP contribution in [0, 0.1) is 5.92 Å². The third-order valence-corrected chi connectivity index (χ3v) is 3.95. The lowest BCUT2D eigenvalue weighted by Crippen LogP contribution is -2.32. The van der Waals surface area contributed by atoms with E-state index in [-0.39, 0.29) is 0 Å². The van der Waals surface area contributed by atoms with Gasteiger partial charge in [0.05, 0.1) is 16.8 Å². The van der Waals surface area contributed by atoms with Crippen molar-refractivity contribution < 1.29 is 4.74 Å². The van der Waals surface area contributed by atoms with Crippen LogP contribution in [0.5, 0.6) is 0 Å². The molecular weight excluding hydrogens is 282 g/mol. The molecule has 0 fully saturated rings. The summed E-state index contributed by atoms with van der Waals surface area (Å²) in [6.07, 6.45) is 11.2. The molecule has 2 nitrogen and oxygen atoms in total. The molecule has 2 heteroatoms. The molecule has 23 heavy (non-hydrogen) atoms. The monoisotopic (exact) mass is 307 g/mol. The van der Waals surface area contributed by atoms with Crippen molar-refractivity contribution in [3.8, 4) is 0 Å². The van der Waals surface area contributed by atoms with Crippen LogP contribution in [-0.4, -0.2) is 4.98 Å². The van der Waals surface area contributed by atoms with E-state index >= 15 is 0 Å². The van der Waals surface area contributed by atoms with Crippen molar-refractivity contribution in [1.82, 2.24) is 4.98 Å². The molecule has 0 saturated carbocycles. The van der Waals surface area contributed by atoms with Crippen LogP contribution < -0.4 is 10.6 Å². The van der Waals surface area contributed by atoms with Gasteiger partial charge in [-0.1, -0.05) is 50.5 Å². The SMILES string of the molecule is C=C/C(C)=C(C=C)/C=C(\C)OCc1ccc2c(n1)=CC(C)CC=2. The lowest BCUT2D eigenvalue weighted by atomic mass is 10.0. The standard InChI is InChI=1S/C21H25NO/c1-6-16(4)18(7-2)13-17(5)23-14-20-11-10-19-9-8-15(3)12-21(19)22-20/h6-7,9-13,15H,1-2,8,14H2,3-5H3/b17-13+,18-16+. The van der Waals surface area contributed by atoms with Crippen molar-refractivity contribution in [2.75, 3.05) is 0 Å². The highest BCUT2D eigenvalue weighted by molar-refractivity contribution is 5.39. The summed E-state index contributed by atoms with van der Waals surface area (Å²) in [5.74, 6) is 1.39. The van der Waals surface area contributed by atoms with Crippen LogP contribution in [0.25, 0.3) is 12.2 Å². The first kappa shape index (κ1) is 17.0. The zero-order valence-corrected chi connectivity index (χ0v) is 14.3. The van der Waals surface area contributed by atoms with Crippen LogP contribution >= 0.6 is 0 Å². The van der Waals surface area contributed by atoms with Gasteiger partial charge >= 0.3 is 0 Å². The van der Waals surface area contributed by atoms with E-state index in [9.17, 15) is 0 Å². The molecule has 0 saturated heterocycles. The summed E-state index contributed by atoms with van der Waals surface area (Å²) in [6, 6.07) is 4.16. The summed E-state index contributed by atoms with van der Waals surface area (Å²) < 4.78 is 5.83. The van der Waals surface area contributed by atoms with Gasteiger partial charge in [0.15, 0.2) is 0 Å². The molecule has 0 bridgehead atoms. The number of allylic oxidation sites excluding steroid dienone is 6. The third kappa shape index (κ3) is 4.56. The molecule has 1 aliphatic rings. The van der Waals surface area contributed by atoms with Gasteiger partial charge in [0, 0.05) is 0 Å². The Balaban J connectivity index is 2.13. The molecule has 1 heterocycles. The van der Waals surface area contributed by atoms with Gasteiger partial charge in [-0.25, -0.2) is 4.98 Å². The molecular formula is C21H25NO. The summed E-state index contributed by atoms with van der Waals surface area (Å²) in [5, 5.41) is 2.29.